The lowest BCUT2D eigenvalue weighted by Crippen LogP contribution is -2.21. The molecule has 27 heavy (non-hydrogen) atoms. The van der Waals surface area contributed by atoms with Crippen molar-refractivity contribution in [3.63, 3.8) is 0 Å². The predicted molar refractivity (Wildman–Crippen MR) is 102 cm³/mol. The minimum atomic E-state index is -0.445. The average Bonchev–Trinajstić information content (AvgIpc) is 3.09. The molecule has 1 N–H and O–H groups in total. The number of thiophene rings is 1. The largest absolute Gasteiger partial charge is 0.486 e. The Morgan fingerprint density at radius 2 is 2.04 bits per heavy atom. The van der Waals surface area contributed by atoms with E-state index < -0.39 is 11.9 Å². The van der Waals surface area contributed by atoms with Gasteiger partial charge in [0.1, 0.15) is 18.1 Å². The number of benzene rings is 1. The van der Waals surface area contributed by atoms with E-state index >= 15 is 0 Å². The molecule has 142 valence electrons. The first kappa shape index (κ1) is 17.9. The summed E-state index contributed by atoms with van der Waals surface area (Å²) in [5, 5.41) is 2.71. The predicted octanol–water partition coefficient (Wildman–Crippen LogP) is 3.44. The number of esters is 1. The molecule has 0 fully saturated rings. The second-order valence-corrected chi connectivity index (χ2v) is 8.03. The van der Waals surface area contributed by atoms with Crippen LogP contribution in [0, 0.1) is 5.92 Å². The summed E-state index contributed by atoms with van der Waals surface area (Å²) in [5.74, 6) is 1.05. The van der Waals surface area contributed by atoms with Crippen molar-refractivity contribution >= 4 is 28.9 Å². The SMILES string of the molecule is C[C@H]1CCc2sc(C(=O)OCC(=O)Nc3ccc4c(c3)OCCO4)cc2C1. The number of rotatable bonds is 4. The summed E-state index contributed by atoms with van der Waals surface area (Å²) < 4.78 is 16.1. The molecule has 1 aromatic heterocycles. The highest BCUT2D eigenvalue weighted by Crippen LogP contribution is 2.33. The van der Waals surface area contributed by atoms with Gasteiger partial charge in [-0.2, -0.15) is 0 Å². The van der Waals surface area contributed by atoms with Crippen LogP contribution in [0.1, 0.15) is 33.5 Å². The number of hydrogen-bond acceptors (Lipinski definition) is 6. The third-order valence-electron chi connectivity index (χ3n) is 4.69. The molecular weight excluding hydrogens is 366 g/mol. The van der Waals surface area contributed by atoms with E-state index in [0.29, 0.717) is 41.2 Å². The number of hydrogen-bond donors (Lipinski definition) is 1. The summed E-state index contributed by atoms with van der Waals surface area (Å²) in [6.07, 6.45) is 3.17. The molecule has 2 heterocycles. The molecule has 1 atom stereocenters. The molecule has 7 heteroatoms. The van der Waals surface area contributed by atoms with Crippen molar-refractivity contribution in [2.45, 2.75) is 26.2 Å². The van der Waals surface area contributed by atoms with Crippen LogP contribution in [-0.4, -0.2) is 31.7 Å². The van der Waals surface area contributed by atoms with Crippen LogP contribution in [-0.2, 0) is 22.4 Å². The van der Waals surface area contributed by atoms with Crippen LogP contribution in [0.25, 0.3) is 0 Å². The number of carbonyl (C=O) groups is 2. The fraction of sp³-hybridized carbons (Fsp3) is 0.400. The van der Waals surface area contributed by atoms with Gasteiger partial charge in [-0.05, 0) is 48.9 Å². The Bertz CT molecular complexity index is 875. The molecule has 1 aliphatic carbocycles. The van der Waals surface area contributed by atoms with E-state index in [2.05, 4.69) is 12.2 Å². The lowest BCUT2D eigenvalue weighted by atomic mass is 9.90. The van der Waals surface area contributed by atoms with E-state index in [0.717, 1.165) is 19.3 Å². The van der Waals surface area contributed by atoms with Crippen LogP contribution < -0.4 is 14.8 Å². The summed E-state index contributed by atoms with van der Waals surface area (Å²) in [6.45, 7) is 2.89. The Labute approximate surface area is 161 Å². The van der Waals surface area contributed by atoms with E-state index in [4.69, 9.17) is 14.2 Å². The first-order valence-electron chi connectivity index (χ1n) is 9.06. The molecule has 2 aromatic rings. The Balaban J connectivity index is 1.32. The van der Waals surface area contributed by atoms with Gasteiger partial charge in [0.25, 0.3) is 5.91 Å². The summed E-state index contributed by atoms with van der Waals surface area (Å²) in [7, 11) is 0. The van der Waals surface area contributed by atoms with Crippen molar-refractivity contribution in [1.29, 1.82) is 0 Å². The van der Waals surface area contributed by atoms with Crippen molar-refractivity contribution in [3.05, 3.63) is 39.6 Å². The lowest BCUT2D eigenvalue weighted by Gasteiger charge is -2.18. The van der Waals surface area contributed by atoms with Crippen molar-refractivity contribution in [1.82, 2.24) is 0 Å². The maximum absolute atomic E-state index is 12.3. The molecule has 1 amide bonds. The van der Waals surface area contributed by atoms with Crippen LogP contribution >= 0.6 is 11.3 Å². The smallest absolute Gasteiger partial charge is 0.348 e. The number of anilines is 1. The van der Waals surface area contributed by atoms with Crippen molar-refractivity contribution < 1.29 is 23.8 Å². The zero-order valence-corrected chi connectivity index (χ0v) is 15.9. The maximum Gasteiger partial charge on any atom is 0.348 e. The molecule has 0 spiro atoms. The highest BCUT2D eigenvalue weighted by molar-refractivity contribution is 7.14. The normalized spacial score (nSPS) is 17.7. The molecule has 0 saturated heterocycles. The molecule has 1 aliphatic heterocycles. The van der Waals surface area contributed by atoms with Crippen LogP contribution in [0.4, 0.5) is 5.69 Å². The number of ether oxygens (including phenoxy) is 3. The van der Waals surface area contributed by atoms with Gasteiger partial charge in [0.15, 0.2) is 18.1 Å². The van der Waals surface area contributed by atoms with Gasteiger partial charge in [-0.25, -0.2) is 4.79 Å². The van der Waals surface area contributed by atoms with E-state index in [-0.39, 0.29) is 6.61 Å². The number of carbonyl (C=O) groups excluding carboxylic acids is 2. The molecule has 0 bridgehead atoms. The monoisotopic (exact) mass is 387 g/mol. The van der Waals surface area contributed by atoms with Gasteiger partial charge in [0.2, 0.25) is 0 Å². The second-order valence-electron chi connectivity index (χ2n) is 6.89. The van der Waals surface area contributed by atoms with Crippen LogP contribution in [0.3, 0.4) is 0 Å². The molecule has 0 unspecified atom stereocenters. The Morgan fingerprint density at radius 3 is 2.89 bits per heavy atom. The molecule has 0 radical (unpaired) electrons. The third-order valence-corrected chi connectivity index (χ3v) is 5.91. The number of amides is 1. The van der Waals surface area contributed by atoms with Crippen molar-refractivity contribution in [2.24, 2.45) is 5.92 Å². The molecule has 1 aromatic carbocycles. The Hall–Kier alpha value is -2.54. The molecule has 2 aliphatic rings. The molecule has 0 saturated carbocycles. The third kappa shape index (κ3) is 4.08. The maximum atomic E-state index is 12.3. The summed E-state index contributed by atoms with van der Waals surface area (Å²) in [4.78, 5) is 26.2. The number of nitrogens with one attached hydrogen (secondary N) is 1. The van der Waals surface area contributed by atoms with Gasteiger partial charge in [-0.1, -0.05) is 6.92 Å². The fourth-order valence-corrected chi connectivity index (χ4v) is 4.43. The van der Waals surface area contributed by atoms with E-state index in [1.54, 1.807) is 18.2 Å². The molecule has 4 rings (SSSR count). The van der Waals surface area contributed by atoms with Crippen molar-refractivity contribution in [3.8, 4) is 11.5 Å². The van der Waals surface area contributed by atoms with Gasteiger partial charge in [0, 0.05) is 16.6 Å². The van der Waals surface area contributed by atoms with Crippen LogP contribution in [0.5, 0.6) is 11.5 Å². The second kappa shape index (κ2) is 7.60. The van der Waals surface area contributed by atoms with Gasteiger partial charge >= 0.3 is 5.97 Å². The van der Waals surface area contributed by atoms with Gasteiger partial charge in [0.05, 0.1) is 0 Å². The number of aryl methyl sites for hydroxylation is 1. The average molecular weight is 387 g/mol. The van der Waals surface area contributed by atoms with Crippen LogP contribution in [0.2, 0.25) is 0 Å². The summed E-state index contributed by atoms with van der Waals surface area (Å²) in [6, 6.07) is 7.08. The number of fused-ring (bicyclic) bond motifs is 2. The van der Waals surface area contributed by atoms with E-state index in [9.17, 15) is 9.59 Å². The van der Waals surface area contributed by atoms with Gasteiger partial charge < -0.3 is 19.5 Å². The topological polar surface area (TPSA) is 73.9 Å². The first-order chi connectivity index (χ1) is 13.1. The molecule has 6 nitrogen and oxygen atoms in total. The van der Waals surface area contributed by atoms with Gasteiger partial charge in [-0.3, -0.25) is 4.79 Å². The minimum Gasteiger partial charge on any atom is -0.486 e. The quantitative estimate of drug-likeness (QED) is 0.814. The van der Waals surface area contributed by atoms with Gasteiger partial charge in [-0.15, -0.1) is 11.3 Å². The highest BCUT2D eigenvalue weighted by Gasteiger charge is 2.22. The van der Waals surface area contributed by atoms with Crippen molar-refractivity contribution in [2.75, 3.05) is 25.1 Å². The minimum absolute atomic E-state index is 0.327. The van der Waals surface area contributed by atoms with Crippen LogP contribution in [0.15, 0.2) is 24.3 Å². The molecular formula is C20H21NO5S. The summed E-state index contributed by atoms with van der Waals surface area (Å²) in [5.41, 5.74) is 1.81. The zero-order valence-electron chi connectivity index (χ0n) is 15.1. The standard InChI is InChI=1S/C20H21NO5S/c1-12-2-5-17-13(8-12)9-18(27-17)20(23)26-11-19(22)21-14-3-4-15-16(10-14)25-7-6-24-15/h3-4,9-10,12H,2,5-8,11H2,1H3,(H,21,22)/t12-/m0/s1. The highest BCUT2D eigenvalue weighted by atomic mass is 32.1. The Kier molecular flexibility index (Phi) is 5.03. The first-order valence-corrected chi connectivity index (χ1v) is 9.88. The van der Waals surface area contributed by atoms with E-state index in [1.165, 1.54) is 21.8 Å². The van der Waals surface area contributed by atoms with E-state index in [1.807, 2.05) is 6.07 Å². The fourth-order valence-electron chi connectivity index (χ4n) is 3.33. The zero-order chi connectivity index (χ0) is 18.8. The summed E-state index contributed by atoms with van der Waals surface area (Å²) >= 11 is 1.48. The Morgan fingerprint density at radius 1 is 1.22 bits per heavy atom. The lowest BCUT2D eigenvalue weighted by molar-refractivity contribution is -0.119.